The SMILES string of the molecule is Cc1nc(CN2CCN(c3ccnc(F)c3)CC2)cs1. The van der Waals surface area contributed by atoms with Crippen molar-refractivity contribution in [3.63, 3.8) is 0 Å². The molecular formula is C14H17FN4S. The van der Waals surface area contributed by atoms with Crippen molar-refractivity contribution in [2.24, 2.45) is 0 Å². The van der Waals surface area contributed by atoms with E-state index in [-0.39, 0.29) is 0 Å². The van der Waals surface area contributed by atoms with Crippen LogP contribution in [0, 0.1) is 12.9 Å². The number of hydrogen-bond donors (Lipinski definition) is 0. The number of halogens is 1. The minimum atomic E-state index is -0.414. The maximum atomic E-state index is 13.1. The van der Waals surface area contributed by atoms with E-state index in [0.29, 0.717) is 0 Å². The first-order valence-corrected chi connectivity index (χ1v) is 7.58. The minimum Gasteiger partial charge on any atom is -0.369 e. The zero-order valence-electron chi connectivity index (χ0n) is 11.4. The Morgan fingerprint density at radius 3 is 2.75 bits per heavy atom. The normalized spacial score (nSPS) is 16.6. The van der Waals surface area contributed by atoms with Crippen molar-refractivity contribution < 1.29 is 4.39 Å². The van der Waals surface area contributed by atoms with Gasteiger partial charge in [-0.15, -0.1) is 11.3 Å². The second kappa shape index (κ2) is 5.85. The maximum Gasteiger partial charge on any atom is 0.214 e. The van der Waals surface area contributed by atoms with E-state index >= 15 is 0 Å². The molecule has 1 aliphatic heterocycles. The summed E-state index contributed by atoms with van der Waals surface area (Å²) in [5.74, 6) is -0.414. The van der Waals surface area contributed by atoms with Crippen LogP contribution in [-0.4, -0.2) is 41.0 Å². The number of piperazine rings is 1. The Morgan fingerprint density at radius 2 is 2.10 bits per heavy atom. The van der Waals surface area contributed by atoms with Crippen LogP contribution in [0.15, 0.2) is 23.7 Å². The van der Waals surface area contributed by atoms with Gasteiger partial charge >= 0.3 is 0 Å². The van der Waals surface area contributed by atoms with E-state index in [1.807, 2.05) is 13.0 Å². The summed E-state index contributed by atoms with van der Waals surface area (Å²) in [5.41, 5.74) is 2.07. The third kappa shape index (κ3) is 3.13. The first kappa shape index (κ1) is 13.5. The molecule has 0 aromatic carbocycles. The number of anilines is 1. The molecule has 4 nitrogen and oxygen atoms in total. The van der Waals surface area contributed by atoms with Gasteiger partial charge in [-0.1, -0.05) is 0 Å². The summed E-state index contributed by atoms with van der Waals surface area (Å²) in [6.45, 7) is 6.70. The standard InChI is InChI=1S/C14H17FN4S/c1-11-17-12(10-20-11)9-18-4-6-19(7-5-18)13-2-3-16-14(15)8-13/h2-3,8,10H,4-7,9H2,1H3. The molecule has 20 heavy (non-hydrogen) atoms. The van der Waals surface area contributed by atoms with Crippen molar-refractivity contribution >= 4 is 17.0 Å². The number of thiazole rings is 1. The van der Waals surface area contributed by atoms with Gasteiger partial charge in [0.05, 0.1) is 10.7 Å². The third-order valence-corrected chi connectivity index (χ3v) is 4.32. The molecule has 0 spiro atoms. The fourth-order valence-electron chi connectivity index (χ4n) is 2.46. The molecule has 1 aliphatic rings. The molecule has 1 fully saturated rings. The molecule has 0 atom stereocenters. The van der Waals surface area contributed by atoms with Crippen LogP contribution in [0.5, 0.6) is 0 Å². The summed E-state index contributed by atoms with van der Waals surface area (Å²) in [6.07, 6.45) is 1.52. The van der Waals surface area contributed by atoms with Crippen molar-refractivity contribution in [2.75, 3.05) is 31.1 Å². The maximum absolute atomic E-state index is 13.1. The van der Waals surface area contributed by atoms with Crippen molar-refractivity contribution in [1.82, 2.24) is 14.9 Å². The van der Waals surface area contributed by atoms with E-state index in [1.165, 1.54) is 12.3 Å². The van der Waals surface area contributed by atoms with Crippen LogP contribution in [0.4, 0.5) is 10.1 Å². The Balaban J connectivity index is 1.57. The quantitative estimate of drug-likeness (QED) is 0.813. The highest BCUT2D eigenvalue weighted by Crippen LogP contribution is 2.17. The first-order chi connectivity index (χ1) is 9.70. The second-order valence-corrected chi connectivity index (χ2v) is 6.02. The molecule has 0 amide bonds. The van der Waals surface area contributed by atoms with Crippen LogP contribution in [-0.2, 0) is 6.54 Å². The van der Waals surface area contributed by atoms with Gasteiger partial charge in [-0.2, -0.15) is 4.39 Å². The lowest BCUT2D eigenvalue weighted by molar-refractivity contribution is 0.247. The van der Waals surface area contributed by atoms with E-state index < -0.39 is 5.95 Å². The number of rotatable bonds is 3. The molecule has 0 aliphatic carbocycles. The molecule has 1 saturated heterocycles. The smallest absolute Gasteiger partial charge is 0.214 e. The summed E-state index contributed by atoms with van der Waals surface area (Å²) in [7, 11) is 0. The third-order valence-electron chi connectivity index (χ3n) is 3.50. The predicted octanol–water partition coefficient (Wildman–Crippen LogP) is 2.31. The summed E-state index contributed by atoms with van der Waals surface area (Å²) in [4.78, 5) is 12.7. The Bertz CT molecular complexity index is 578. The van der Waals surface area contributed by atoms with E-state index in [0.717, 1.165) is 49.1 Å². The Labute approximate surface area is 121 Å². The number of hydrogen-bond acceptors (Lipinski definition) is 5. The van der Waals surface area contributed by atoms with Crippen LogP contribution < -0.4 is 4.90 Å². The number of pyridine rings is 1. The van der Waals surface area contributed by atoms with Gasteiger partial charge in [-0.05, 0) is 13.0 Å². The van der Waals surface area contributed by atoms with Gasteiger partial charge in [-0.25, -0.2) is 9.97 Å². The molecule has 0 saturated carbocycles. The molecule has 106 valence electrons. The van der Waals surface area contributed by atoms with Crippen molar-refractivity contribution in [2.45, 2.75) is 13.5 Å². The molecule has 0 bridgehead atoms. The van der Waals surface area contributed by atoms with E-state index in [9.17, 15) is 4.39 Å². The molecule has 0 N–H and O–H groups in total. The topological polar surface area (TPSA) is 32.3 Å². The number of aromatic nitrogens is 2. The van der Waals surface area contributed by atoms with Crippen LogP contribution in [0.1, 0.15) is 10.7 Å². The zero-order valence-corrected chi connectivity index (χ0v) is 12.2. The predicted molar refractivity (Wildman–Crippen MR) is 78.5 cm³/mol. The highest BCUT2D eigenvalue weighted by Gasteiger charge is 2.18. The number of nitrogens with zero attached hydrogens (tertiary/aromatic N) is 4. The fourth-order valence-corrected chi connectivity index (χ4v) is 3.07. The first-order valence-electron chi connectivity index (χ1n) is 6.70. The van der Waals surface area contributed by atoms with E-state index in [1.54, 1.807) is 11.3 Å². The molecule has 0 unspecified atom stereocenters. The lowest BCUT2D eigenvalue weighted by Crippen LogP contribution is -2.46. The average Bonchev–Trinajstić information content (AvgIpc) is 2.85. The van der Waals surface area contributed by atoms with Gasteiger partial charge in [-0.3, -0.25) is 4.90 Å². The van der Waals surface area contributed by atoms with E-state index in [2.05, 4.69) is 25.1 Å². The van der Waals surface area contributed by atoms with Crippen molar-refractivity contribution in [1.29, 1.82) is 0 Å². The fraction of sp³-hybridized carbons (Fsp3) is 0.429. The molecule has 3 heterocycles. The van der Waals surface area contributed by atoms with E-state index in [4.69, 9.17) is 0 Å². The molecular weight excluding hydrogens is 275 g/mol. The summed E-state index contributed by atoms with van der Waals surface area (Å²) in [6, 6.07) is 3.36. The van der Waals surface area contributed by atoms with Crippen LogP contribution in [0.3, 0.4) is 0 Å². The Morgan fingerprint density at radius 1 is 1.30 bits per heavy atom. The highest BCUT2D eigenvalue weighted by molar-refractivity contribution is 7.09. The second-order valence-electron chi connectivity index (χ2n) is 4.96. The molecule has 3 rings (SSSR count). The average molecular weight is 292 g/mol. The Kier molecular flexibility index (Phi) is 3.93. The lowest BCUT2D eigenvalue weighted by Gasteiger charge is -2.35. The monoisotopic (exact) mass is 292 g/mol. The molecule has 0 radical (unpaired) electrons. The van der Waals surface area contributed by atoms with Crippen LogP contribution in [0.25, 0.3) is 0 Å². The Hall–Kier alpha value is -1.53. The summed E-state index contributed by atoms with van der Waals surface area (Å²) in [5, 5.41) is 3.24. The van der Waals surface area contributed by atoms with Gasteiger partial charge in [0.15, 0.2) is 0 Å². The van der Waals surface area contributed by atoms with Gasteiger partial charge < -0.3 is 4.90 Å². The van der Waals surface area contributed by atoms with Gasteiger partial charge in [0, 0.05) is 56.1 Å². The number of aryl methyl sites for hydroxylation is 1. The van der Waals surface area contributed by atoms with Gasteiger partial charge in [0.25, 0.3) is 0 Å². The molecule has 2 aromatic rings. The minimum absolute atomic E-state index is 0.414. The summed E-state index contributed by atoms with van der Waals surface area (Å²) >= 11 is 1.70. The van der Waals surface area contributed by atoms with Crippen LogP contribution in [0.2, 0.25) is 0 Å². The van der Waals surface area contributed by atoms with Crippen LogP contribution >= 0.6 is 11.3 Å². The highest BCUT2D eigenvalue weighted by atomic mass is 32.1. The van der Waals surface area contributed by atoms with Gasteiger partial charge in [0.2, 0.25) is 5.95 Å². The molecule has 6 heteroatoms. The lowest BCUT2D eigenvalue weighted by atomic mass is 10.2. The molecule has 2 aromatic heterocycles. The zero-order chi connectivity index (χ0) is 13.9. The summed E-state index contributed by atoms with van der Waals surface area (Å²) < 4.78 is 13.1. The van der Waals surface area contributed by atoms with Crippen molar-refractivity contribution in [3.05, 3.63) is 40.4 Å². The van der Waals surface area contributed by atoms with Gasteiger partial charge in [0.1, 0.15) is 0 Å². The largest absolute Gasteiger partial charge is 0.369 e. The van der Waals surface area contributed by atoms with Crippen molar-refractivity contribution in [3.8, 4) is 0 Å².